The molecule has 2 aliphatic heterocycles. The van der Waals surface area contributed by atoms with Gasteiger partial charge in [-0.25, -0.2) is 9.97 Å². The molecule has 8 heteroatoms. The van der Waals surface area contributed by atoms with Gasteiger partial charge in [0.1, 0.15) is 11.6 Å². The molecule has 2 fully saturated rings. The van der Waals surface area contributed by atoms with Gasteiger partial charge in [0.15, 0.2) is 0 Å². The van der Waals surface area contributed by atoms with E-state index in [0.29, 0.717) is 18.8 Å². The number of benzene rings is 1. The predicted octanol–water partition coefficient (Wildman–Crippen LogP) is 3.36. The molecule has 0 radical (unpaired) electrons. The molecule has 1 aromatic heterocycles. The molecule has 2 saturated heterocycles. The van der Waals surface area contributed by atoms with Gasteiger partial charge in [0.05, 0.1) is 6.04 Å². The number of hydrogen-bond acceptors (Lipinski definition) is 6. The maximum absolute atomic E-state index is 13.5. The summed E-state index contributed by atoms with van der Waals surface area (Å²) in [5.74, 6) is 1.95. The van der Waals surface area contributed by atoms with Crippen LogP contribution in [0.15, 0.2) is 24.3 Å². The van der Waals surface area contributed by atoms with Crippen molar-refractivity contribution in [2.75, 3.05) is 38.3 Å². The van der Waals surface area contributed by atoms with Gasteiger partial charge in [-0.15, -0.1) is 0 Å². The van der Waals surface area contributed by atoms with Crippen LogP contribution in [0.1, 0.15) is 71.1 Å². The number of nitrogens with one attached hydrogen (secondary N) is 1. The van der Waals surface area contributed by atoms with Gasteiger partial charge in [-0.3, -0.25) is 9.59 Å². The number of amides is 2. The maximum Gasteiger partial charge on any atom is 0.253 e. The van der Waals surface area contributed by atoms with Crippen molar-refractivity contribution in [1.82, 2.24) is 20.2 Å². The number of hydrogen-bond donors (Lipinski definition) is 1. The van der Waals surface area contributed by atoms with Crippen molar-refractivity contribution in [3.8, 4) is 0 Å². The maximum atomic E-state index is 13.5. The van der Waals surface area contributed by atoms with Crippen molar-refractivity contribution in [3.05, 3.63) is 52.5 Å². The normalized spacial score (nSPS) is 20.8. The van der Waals surface area contributed by atoms with Crippen LogP contribution < -0.4 is 10.2 Å². The zero-order valence-corrected chi connectivity index (χ0v) is 21.6. The number of nitrogens with zero attached hydrogens (tertiary/aromatic N) is 4. The predicted molar refractivity (Wildman–Crippen MR) is 138 cm³/mol. The Balaban J connectivity index is 1.22. The summed E-state index contributed by atoms with van der Waals surface area (Å²) in [4.78, 5) is 39.4. The van der Waals surface area contributed by atoms with Gasteiger partial charge < -0.3 is 19.9 Å². The zero-order chi connectivity index (χ0) is 25.2. The van der Waals surface area contributed by atoms with Crippen molar-refractivity contribution in [1.29, 1.82) is 0 Å². The highest BCUT2D eigenvalue weighted by Gasteiger charge is 2.31. The monoisotopic (exact) mass is 491 g/mol. The van der Waals surface area contributed by atoms with E-state index in [1.54, 1.807) is 0 Å². The fraction of sp³-hybridized carbons (Fsp3) is 0.571. The van der Waals surface area contributed by atoms with E-state index in [-0.39, 0.29) is 29.8 Å². The molecule has 0 saturated carbocycles. The highest BCUT2D eigenvalue weighted by atomic mass is 16.5. The lowest BCUT2D eigenvalue weighted by atomic mass is 9.97. The Morgan fingerprint density at radius 1 is 1.03 bits per heavy atom. The third-order valence-electron chi connectivity index (χ3n) is 7.99. The molecule has 0 spiro atoms. The third kappa shape index (κ3) is 5.24. The Hall–Kier alpha value is -3.00. The van der Waals surface area contributed by atoms with Crippen molar-refractivity contribution in [2.24, 2.45) is 5.92 Å². The van der Waals surface area contributed by atoms with Gasteiger partial charge in [-0.1, -0.05) is 6.07 Å². The lowest BCUT2D eigenvalue weighted by Crippen LogP contribution is -2.46. The number of rotatable bonds is 5. The van der Waals surface area contributed by atoms with E-state index < -0.39 is 0 Å². The van der Waals surface area contributed by atoms with Crippen LogP contribution in [-0.2, 0) is 16.0 Å². The number of anilines is 1. The average molecular weight is 492 g/mol. The van der Waals surface area contributed by atoms with Crippen molar-refractivity contribution >= 4 is 17.6 Å². The molecular weight excluding hydrogens is 454 g/mol. The smallest absolute Gasteiger partial charge is 0.253 e. The van der Waals surface area contributed by atoms with E-state index >= 15 is 0 Å². The van der Waals surface area contributed by atoms with Crippen LogP contribution in [0.2, 0.25) is 0 Å². The van der Waals surface area contributed by atoms with Crippen LogP contribution in [0.25, 0.3) is 0 Å². The second-order valence-electron chi connectivity index (χ2n) is 10.4. The molecule has 3 heterocycles. The standard InChI is InChI=1S/C28H37N5O3/c1-18-16-26(30-19(2)29-18)33-12-8-23(9-13-33)32(3)28(35)22-5-4-20-6-7-25(24(20)17-22)31-27(34)21-10-14-36-15-11-21/h4-5,16-17,21,23,25H,6-15H2,1-3H3,(H,31,34)/t25-/m1/s1. The highest BCUT2D eigenvalue weighted by Crippen LogP contribution is 2.33. The van der Waals surface area contributed by atoms with Gasteiger partial charge in [-0.2, -0.15) is 0 Å². The number of piperidine rings is 1. The SMILES string of the molecule is Cc1cc(N2CCC(N(C)C(=O)c3ccc4c(c3)[C@H](NC(=O)C3CCOCC3)CC4)CC2)nc(C)n1. The number of carbonyl (C=O) groups excluding carboxylic acids is 2. The van der Waals surface area contributed by atoms with Gasteiger partial charge in [-0.05, 0) is 75.6 Å². The number of ether oxygens (including phenoxy) is 1. The Morgan fingerprint density at radius 3 is 2.50 bits per heavy atom. The van der Waals surface area contributed by atoms with E-state index in [2.05, 4.69) is 26.3 Å². The molecule has 2 amide bonds. The third-order valence-corrected chi connectivity index (χ3v) is 7.99. The number of fused-ring (bicyclic) bond motifs is 1. The van der Waals surface area contributed by atoms with Crippen LogP contribution in [0.5, 0.6) is 0 Å². The second kappa shape index (κ2) is 10.5. The molecule has 1 aromatic carbocycles. The van der Waals surface area contributed by atoms with E-state index in [9.17, 15) is 9.59 Å². The number of aryl methyl sites for hydroxylation is 3. The van der Waals surface area contributed by atoms with Crippen LogP contribution in [0, 0.1) is 19.8 Å². The first kappa shape index (κ1) is 24.7. The fourth-order valence-corrected chi connectivity index (χ4v) is 5.85. The molecule has 0 unspecified atom stereocenters. The summed E-state index contributed by atoms with van der Waals surface area (Å²) in [5, 5.41) is 3.26. The summed E-state index contributed by atoms with van der Waals surface area (Å²) >= 11 is 0. The molecule has 2 aromatic rings. The largest absolute Gasteiger partial charge is 0.381 e. The number of aromatic nitrogens is 2. The van der Waals surface area contributed by atoms with Crippen molar-refractivity contribution in [3.63, 3.8) is 0 Å². The molecular formula is C28H37N5O3. The zero-order valence-electron chi connectivity index (χ0n) is 21.6. The summed E-state index contributed by atoms with van der Waals surface area (Å²) in [6.45, 7) is 6.96. The molecule has 1 N–H and O–H groups in total. The Labute approximate surface area is 213 Å². The lowest BCUT2D eigenvalue weighted by molar-refractivity contribution is -0.128. The van der Waals surface area contributed by atoms with Crippen LogP contribution in [0.3, 0.4) is 0 Å². The summed E-state index contributed by atoms with van der Waals surface area (Å²) in [5.41, 5.74) is 4.01. The second-order valence-corrected chi connectivity index (χ2v) is 10.4. The first-order chi connectivity index (χ1) is 17.4. The van der Waals surface area contributed by atoms with Crippen molar-refractivity contribution < 1.29 is 14.3 Å². The molecule has 36 heavy (non-hydrogen) atoms. The van der Waals surface area contributed by atoms with Crippen molar-refractivity contribution in [2.45, 2.75) is 64.5 Å². The minimum Gasteiger partial charge on any atom is -0.381 e. The summed E-state index contributed by atoms with van der Waals surface area (Å²) in [6.07, 6.45) is 5.18. The minimum absolute atomic E-state index is 0.0172. The molecule has 5 rings (SSSR count). The summed E-state index contributed by atoms with van der Waals surface area (Å²) in [6, 6.07) is 8.23. The van der Waals surface area contributed by atoms with Crippen LogP contribution in [-0.4, -0.2) is 66.1 Å². The van der Waals surface area contributed by atoms with Crippen LogP contribution >= 0.6 is 0 Å². The minimum atomic E-state index is -0.0172. The van der Waals surface area contributed by atoms with E-state index in [4.69, 9.17) is 4.74 Å². The first-order valence-corrected chi connectivity index (χ1v) is 13.2. The van der Waals surface area contributed by atoms with Gasteiger partial charge >= 0.3 is 0 Å². The molecule has 8 nitrogen and oxygen atoms in total. The number of carbonyl (C=O) groups is 2. The topological polar surface area (TPSA) is 87.7 Å². The fourth-order valence-electron chi connectivity index (χ4n) is 5.85. The molecule has 3 aliphatic rings. The van der Waals surface area contributed by atoms with Gasteiger partial charge in [0.2, 0.25) is 5.91 Å². The van der Waals surface area contributed by atoms with E-state index in [0.717, 1.165) is 74.5 Å². The average Bonchev–Trinajstić information content (AvgIpc) is 3.29. The van der Waals surface area contributed by atoms with Gasteiger partial charge in [0.25, 0.3) is 5.91 Å². The summed E-state index contributed by atoms with van der Waals surface area (Å²) < 4.78 is 5.40. The van der Waals surface area contributed by atoms with E-state index in [1.165, 1.54) is 5.56 Å². The quantitative estimate of drug-likeness (QED) is 0.690. The molecule has 0 bridgehead atoms. The first-order valence-electron chi connectivity index (χ1n) is 13.2. The molecule has 1 aliphatic carbocycles. The van der Waals surface area contributed by atoms with E-state index in [1.807, 2.05) is 44.0 Å². The molecule has 192 valence electrons. The Morgan fingerprint density at radius 2 is 1.78 bits per heavy atom. The molecule has 1 atom stereocenters. The Kier molecular flexibility index (Phi) is 7.23. The lowest BCUT2D eigenvalue weighted by Gasteiger charge is -2.37. The summed E-state index contributed by atoms with van der Waals surface area (Å²) in [7, 11) is 1.92. The Bertz CT molecular complexity index is 1100. The van der Waals surface area contributed by atoms with Gasteiger partial charge in [0, 0.05) is 62.6 Å². The highest BCUT2D eigenvalue weighted by molar-refractivity contribution is 5.94. The van der Waals surface area contributed by atoms with Crippen LogP contribution in [0.4, 0.5) is 5.82 Å².